The standard InChI is InChI=1S/C14H22N2O2/c1-11-5-4-6-13(9-11)7-8-15-14(18)16(3)12(2)10-17/h4-6,9,12,17H,7-8,10H2,1-3H3,(H,15,18). The Labute approximate surface area is 109 Å². The highest BCUT2D eigenvalue weighted by Crippen LogP contribution is 2.04. The molecule has 100 valence electrons. The topological polar surface area (TPSA) is 52.6 Å². The van der Waals surface area contributed by atoms with Gasteiger partial charge in [0.15, 0.2) is 0 Å². The summed E-state index contributed by atoms with van der Waals surface area (Å²) >= 11 is 0. The molecule has 1 rings (SSSR count). The molecule has 0 bridgehead atoms. The van der Waals surface area contributed by atoms with E-state index in [1.165, 1.54) is 16.0 Å². The van der Waals surface area contributed by atoms with Gasteiger partial charge in [0.2, 0.25) is 0 Å². The quantitative estimate of drug-likeness (QED) is 0.833. The first-order chi connectivity index (χ1) is 8.54. The van der Waals surface area contributed by atoms with Gasteiger partial charge in [-0.1, -0.05) is 29.8 Å². The summed E-state index contributed by atoms with van der Waals surface area (Å²) in [5, 5.41) is 11.8. The maximum Gasteiger partial charge on any atom is 0.317 e. The molecule has 0 aliphatic rings. The van der Waals surface area contributed by atoms with Crippen LogP contribution in [0.5, 0.6) is 0 Å². The Hall–Kier alpha value is -1.55. The molecular formula is C14H22N2O2. The Balaban J connectivity index is 2.36. The van der Waals surface area contributed by atoms with Gasteiger partial charge < -0.3 is 15.3 Å². The SMILES string of the molecule is Cc1cccc(CCNC(=O)N(C)C(C)CO)c1. The smallest absolute Gasteiger partial charge is 0.317 e. The fourth-order valence-electron chi connectivity index (χ4n) is 1.63. The van der Waals surface area contributed by atoms with Crippen LogP contribution in [0.3, 0.4) is 0 Å². The van der Waals surface area contributed by atoms with Crippen molar-refractivity contribution in [2.24, 2.45) is 0 Å². The Morgan fingerprint density at radius 1 is 1.50 bits per heavy atom. The number of aliphatic hydroxyl groups is 1. The molecule has 1 aromatic rings. The van der Waals surface area contributed by atoms with Gasteiger partial charge in [0.1, 0.15) is 0 Å². The highest BCUT2D eigenvalue weighted by molar-refractivity contribution is 5.74. The molecule has 4 heteroatoms. The summed E-state index contributed by atoms with van der Waals surface area (Å²) in [6.45, 7) is 4.44. The molecule has 2 N–H and O–H groups in total. The van der Waals surface area contributed by atoms with E-state index in [0.717, 1.165) is 6.42 Å². The predicted molar refractivity (Wildman–Crippen MR) is 72.6 cm³/mol. The second-order valence-corrected chi connectivity index (χ2v) is 4.61. The maximum atomic E-state index is 11.7. The molecule has 1 aromatic carbocycles. The summed E-state index contributed by atoms with van der Waals surface area (Å²) in [6.07, 6.45) is 0.814. The van der Waals surface area contributed by atoms with E-state index in [-0.39, 0.29) is 18.7 Å². The third-order valence-corrected chi connectivity index (χ3v) is 3.02. The fourth-order valence-corrected chi connectivity index (χ4v) is 1.63. The number of nitrogens with one attached hydrogen (secondary N) is 1. The van der Waals surface area contributed by atoms with Crippen LogP contribution in [-0.4, -0.2) is 42.3 Å². The van der Waals surface area contributed by atoms with E-state index in [0.29, 0.717) is 6.54 Å². The molecule has 0 saturated heterocycles. The van der Waals surface area contributed by atoms with Crippen molar-refractivity contribution in [3.05, 3.63) is 35.4 Å². The first kappa shape index (κ1) is 14.5. The average Bonchev–Trinajstić information content (AvgIpc) is 2.36. The Kier molecular flexibility index (Phi) is 5.65. The van der Waals surface area contributed by atoms with Crippen molar-refractivity contribution < 1.29 is 9.90 Å². The maximum absolute atomic E-state index is 11.7. The summed E-state index contributed by atoms with van der Waals surface area (Å²) in [6, 6.07) is 7.93. The Bertz CT molecular complexity index is 393. The van der Waals surface area contributed by atoms with Gasteiger partial charge in [-0.05, 0) is 25.8 Å². The number of urea groups is 1. The minimum atomic E-state index is -0.163. The zero-order valence-electron chi connectivity index (χ0n) is 11.3. The van der Waals surface area contributed by atoms with E-state index in [4.69, 9.17) is 5.11 Å². The van der Waals surface area contributed by atoms with Crippen molar-refractivity contribution in [3.63, 3.8) is 0 Å². The van der Waals surface area contributed by atoms with Crippen LogP contribution in [0.25, 0.3) is 0 Å². The number of aryl methyl sites for hydroxylation is 1. The zero-order valence-corrected chi connectivity index (χ0v) is 11.3. The molecule has 0 spiro atoms. The van der Waals surface area contributed by atoms with E-state index in [2.05, 4.69) is 30.4 Å². The molecular weight excluding hydrogens is 228 g/mol. The van der Waals surface area contributed by atoms with Crippen LogP contribution < -0.4 is 5.32 Å². The monoisotopic (exact) mass is 250 g/mol. The van der Waals surface area contributed by atoms with E-state index in [1.54, 1.807) is 14.0 Å². The minimum absolute atomic E-state index is 0.0260. The van der Waals surface area contributed by atoms with Gasteiger partial charge in [0.25, 0.3) is 0 Å². The molecule has 2 amide bonds. The summed E-state index contributed by atoms with van der Waals surface area (Å²) in [5.41, 5.74) is 2.44. The molecule has 0 radical (unpaired) electrons. The highest BCUT2D eigenvalue weighted by Gasteiger charge is 2.13. The van der Waals surface area contributed by atoms with Gasteiger partial charge >= 0.3 is 6.03 Å². The predicted octanol–water partition coefficient (Wildman–Crippen LogP) is 1.56. The number of carbonyl (C=O) groups is 1. The van der Waals surface area contributed by atoms with E-state index in [1.807, 2.05) is 6.07 Å². The van der Waals surface area contributed by atoms with Crippen molar-refractivity contribution in [2.75, 3.05) is 20.2 Å². The van der Waals surface area contributed by atoms with Crippen molar-refractivity contribution >= 4 is 6.03 Å². The second-order valence-electron chi connectivity index (χ2n) is 4.61. The molecule has 0 aromatic heterocycles. The molecule has 0 heterocycles. The van der Waals surface area contributed by atoms with Crippen molar-refractivity contribution in [1.82, 2.24) is 10.2 Å². The average molecular weight is 250 g/mol. The lowest BCUT2D eigenvalue weighted by atomic mass is 10.1. The van der Waals surface area contributed by atoms with Gasteiger partial charge in [-0.2, -0.15) is 0 Å². The van der Waals surface area contributed by atoms with Gasteiger partial charge in [-0.15, -0.1) is 0 Å². The summed E-state index contributed by atoms with van der Waals surface area (Å²) < 4.78 is 0. The van der Waals surface area contributed by atoms with Crippen LogP contribution in [-0.2, 0) is 6.42 Å². The zero-order chi connectivity index (χ0) is 13.5. The molecule has 0 aliphatic carbocycles. The summed E-state index contributed by atoms with van der Waals surface area (Å²) in [5.74, 6) is 0. The lowest BCUT2D eigenvalue weighted by Gasteiger charge is -2.23. The third-order valence-electron chi connectivity index (χ3n) is 3.02. The third kappa shape index (κ3) is 4.37. The number of hydrogen-bond acceptors (Lipinski definition) is 2. The molecule has 0 fully saturated rings. The highest BCUT2D eigenvalue weighted by atomic mass is 16.3. The van der Waals surface area contributed by atoms with Gasteiger partial charge in [-0.25, -0.2) is 4.79 Å². The van der Waals surface area contributed by atoms with Crippen LogP contribution in [0, 0.1) is 6.92 Å². The number of hydrogen-bond donors (Lipinski definition) is 2. The summed E-state index contributed by atoms with van der Waals surface area (Å²) in [7, 11) is 1.68. The van der Waals surface area contributed by atoms with Gasteiger partial charge in [0.05, 0.1) is 12.6 Å². The van der Waals surface area contributed by atoms with Crippen molar-refractivity contribution in [2.45, 2.75) is 26.3 Å². The molecule has 18 heavy (non-hydrogen) atoms. The molecule has 0 aliphatic heterocycles. The Morgan fingerprint density at radius 3 is 2.83 bits per heavy atom. The molecule has 4 nitrogen and oxygen atoms in total. The largest absolute Gasteiger partial charge is 0.394 e. The van der Waals surface area contributed by atoms with Crippen LogP contribution in [0.15, 0.2) is 24.3 Å². The normalized spacial score (nSPS) is 12.0. The second kappa shape index (κ2) is 7.01. The van der Waals surface area contributed by atoms with E-state index in [9.17, 15) is 4.79 Å². The number of likely N-dealkylation sites (N-methyl/N-ethyl adjacent to an activating group) is 1. The van der Waals surface area contributed by atoms with Crippen LogP contribution in [0.2, 0.25) is 0 Å². The van der Waals surface area contributed by atoms with E-state index < -0.39 is 0 Å². The van der Waals surface area contributed by atoms with Crippen LogP contribution in [0.1, 0.15) is 18.1 Å². The van der Waals surface area contributed by atoms with Crippen LogP contribution in [0.4, 0.5) is 4.79 Å². The number of carbonyl (C=O) groups excluding carboxylic acids is 1. The number of nitrogens with zero attached hydrogens (tertiary/aromatic N) is 1. The molecule has 1 atom stereocenters. The van der Waals surface area contributed by atoms with Gasteiger partial charge in [-0.3, -0.25) is 0 Å². The number of benzene rings is 1. The minimum Gasteiger partial charge on any atom is -0.394 e. The Morgan fingerprint density at radius 2 is 2.22 bits per heavy atom. The van der Waals surface area contributed by atoms with Crippen molar-refractivity contribution in [1.29, 1.82) is 0 Å². The number of amides is 2. The fraction of sp³-hybridized carbons (Fsp3) is 0.500. The first-order valence-corrected chi connectivity index (χ1v) is 6.21. The van der Waals surface area contributed by atoms with Gasteiger partial charge in [0, 0.05) is 13.6 Å². The molecule has 1 unspecified atom stereocenters. The number of aliphatic hydroxyl groups excluding tert-OH is 1. The molecule has 0 saturated carbocycles. The lowest BCUT2D eigenvalue weighted by molar-refractivity contribution is 0.157. The van der Waals surface area contributed by atoms with E-state index >= 15 is 0 Å². The van der Waals surface area contributed by atoms with Crippen LogP contribution >= 0.6 is 0 Å². The number of rotatable bonds is 5. The summed E-state index contributed by atoms with van der Waals surface area (Å²) in [4.78, 5) is 13.2. The first-order valence-electron chi connectivity index (χ1n) is 6.21. The van der Waals surface area contributed by atoms with Crippen molar-refractivity contribution in [3.8, 4) is 0 Å². The lowest BCUT2D eigenvalue weighted by Crippen LogP contribution is -2.44.